The second-order valence-electron chi connectivity index (χ2n) is 3.46. The van der Waals surface area contributed by atoms with Crippen LogP contribution in [0.4, 0.5) is 0 Å². The maximum atomic E-state index is 11.5. The largest absolute Gasteiger partial charge is 0.468 e. The summed E-state index contributed by atoms with van der Waals surface area (Å²) in [5, 5.41) is 8.21. The maximum absolute atomic E-state index is 11.5. The first-order valence-electron chi connectivity index (χ1n) is 4.90. The van der Waals surface area contributed by atoms with Crippen molar-refractivity contribution >= 4 is 29.1 Å². The lowest BCUT2D eigenvalue weighted by atomic mass is 9.93. The standard InChI is InChI=1S/C12H12ClNO3/c1-7(15)10(12(16)17-2)11(14)8-5-3-4-6-9(8)13/h3-6,10,14H,1-2H3/t10-/m0/s1. The Morgan fingerprint density at radius 3 is 2.41 bits per heavy atom. The normalized spacial score (nSPS) is 11.7. The molecule has 5 heteroatoms. The Labute approximate surface area is 104 Å². The Bertz CT molecular complexity index is 471. The molecule has 0 fully saturated rings. The van der Waals surface area contributed by atoms with E-state index in [-0.39, 0.29) is 5.71 Å². The van der Waals surface area contributed by atoms with Gasteiger partial charge in [0.1, 0.15) is 5.78 Å². The fraction of sp³-hybridized carbons (Fsp3) is 0.250. The number of methoxy groups -OCH3 is 1. The van der Waals surface area contributed by atoms with Crippen LogP contribution in [0.25, 0.3) is 0 Å². The lowest BCUT2D eigenvalue weighted by Gasteiger charge is -2.13. The monoisotopic (exact) mass is 253 g/mol. The summed E-state index contributed by atoms with van der Waals surface area (Å²) < 4.78 is 4.51. The zero-order valence-corrected chi connectivity index (χ0v) is 10.2. The number of ether oxygens (including phenoxy) is 1. The Morgan fingerprint density at radius 2 is 1.94 bits per heavy atom. The molecule has 1 atom stereocenters. The molecule has 0 aliphatic carbocycles. The molecule has 0 aromatic heterocycles. The van der Waals surface area contributed by atoms with E-state index in [1.165, 1.54) is 14.0 Å². The summed E-state index contributed by atoms with van der Waals surface area (Å²) in [7, 11) is 1.18. The van der Waals surface area contributed by atoms with Crippen molar-refractivity contribution in [1.29, 1.82) is 5.41 Å². The number of nitrogens with one attached hydrogen (secondary N) is 1. The molecule has 0 aliphatic heterocycles. The number of hydrogen-bond acceptors (Lipinski definition) is 4. The highest BCUT2D eigenvalue weighted by Gasteiger charge is 2.30. The SMILES string of the molecule is COC(=O)[C@H](C(=N)c1ccccc1Cl)C(C)=O. The van der Waals surface area contributed by atoms with Gasteiger partial charge in [-0.15, -0.1) is 0 Å². The Balaban J connectivity index is 3.14. The Kier molecular flexibility index (Phi) is 4.40. The van der Waals surface area contributed by atoms with Gasteiger partial charge in [-0.2, -0.15) is 0 Å². The maximum Gasteiger partial charge on any atom is 0.322 e. The van der Waals surface area contributed by atoms with Crippen LogP contribution in [-0.4, -0.2) is 24.6 Å². The summed E-state index contributed by atoms with van der Waals surface area (Å²) in [5.41, 5.74) is 0.217. The molecule has 90 valence electrons. The lowest BCUT2D eigenvalue weighted by Crippen LogP contribution is -2.31. The highest BCUT2D eigenvalue weighted by Crippen LogP contribution is 2.20. The van der Waals surface area contributed by atoms with Crippen molar-refractivity contribution in [3.05, 3.63) is 34.9 Å². The number of ketones is 1. The lowest BCUT2D eigenvalue weighted by molar-refractivity contribution is -0.145. The minimum Gasteiger partial charge on any atom is -0.468 e. The van der Waals surface area contributed by atoms with Crippen LogP contribution in [0.3, 0.4) is 0 Å². The molecule has 0 aliphatic rings. The molecule has 4 nitrogen and oxygen atoms in total. The summed E-state index contributed by atoms with van der Waals surface area (Å²) in [6.07, 6.45) is 0. The first kappa shape index (κ1) is 13.4. The zero-order valence-electron chi connectivity index (χ0n) is 9.49. The molecule has 0 amide bonds. The van der Waals surface area contributed by atoms with Crippen molar-refractivity contribution in [1.82, 2.24) is 0 Å². The van der Waals surface area contributed by atoms with Crippen molar-refractivity contribution in [3.63, 3.8) is 0 Å². The van der Waals surface area contributed by atoms with E-state index in [2.05, 4.69) is 4.74 Å². The van der Waals surface area contributed by atoms with Crippen LogP contribution in [0, 0.1) is 11.3 Å². The van der Waals surface area contributed by atoms with E-state index in [1.807, 2.05) is 0 Å². The summed E-state index contributed by atoms with van der Waals surface area (Å²) >= 11 is 5.91. The Morgan fingerprint density at radius 1 is 1.35 bits per heavy atom. The second-order valence-corrected chi connectivity index (χ2v) is 3.87. The van der Waals surface area contributed by atoms with Crippen LogP contribution >= 0.6 is 11.6 Å². The molecule has 0 saturated carbocycles. The summed E-state index contributed by atoms with van der Waals surface area (Å²) in [6.45, 7) is 1.24. The molecule has 1 N–H and O–H groups in total. The predicted octanol–water partition coefficient (Wildman–Crippen LogP) is 2.09. The molecule has 0 saturated heterocycles. The number of esters is 1. The number of halogens is 1. The third-order valence-corrected chi connectivity index (χ3v) is 2.63. The van der Waals surface area contributed by atoms with E-state index in [0.29, 0.717) is 10.6 Å². The molecule has 0 heterocycles. The fourth-order valence-corrected chi connectivity index (χ4v) is 1.68. The number of benzene rings is 1. The third-order valence-electron chi connectivity index (χ3n) is 2.30. The average Bonchev–Trinajstić information content (AvgIpc) is 2.28. The van der Waals surface area contributed by atoms with E-state index in [4.69, 9.17) is 17.0 Å². The van der Waals surface area contributed by atoms with Crippen LogP contribution in [0.2, 0.25) is 5.02 Å². The smallest absolute Gasteiger partial charge is 0.322 e. The van der Waals surface area contributed by atoms with Gasteiger partial charge in [0.05, 0.1) is 12.8 Å². The van der Waals surface area contributed by atoms with Gasteiger partial charge >= 0.3 is 5.97 Å². The van der Waals surface area contributed by atoms with Crippen molar-refractivity contribution < 1.29 is 14.3 Å². The zero-order chi connectivity index (χ0) is 13.0. The van der Waals surface area contributed by atoms with Gasteiger partial charge in [-0.25, -0.2) is 0 Å². The summed E-state index contributed by atoms with van der Waals surface area (Å²) in [5.74, 6) is -2.41. The summed E-state index contributed by atoms with van der Waals surface area (Å²) in [4.78, 5) is 22.8. The third kappa shape index (κ3) is 2.91. The number of carbonyl (C=O) groups excluding carboxylic acids is 2. The van der Waals surface area contributed by atoms with Gasteiger partial charge < -0.3 is 10.1 Å². The molecule has 1 aromatic rings. The predicted molar refractivity (Wildman–Crippen MR) is 64.5 cm³/mol. The minimum absolute atomic E-state index is 0.144. The molecule has 0 bridgehead atoms. The number of rotatable bonds is 4. The van der Waals surface area contributed by atoms with Crippen LogP contribution < -0.4 is 0 Å². The molecular weight excluding hydrogens is 242 g/mol. The van der Waals surface area contributed by atoms with E-state index in [1.54, 1.807) is 24.3 Å². The van der Waals surface area contributed by atoms with Crippen molar-refractivity contribution in [2.24, 2.45) is 5.92 Å². The van der Waals surface area contributed by atoms with E-state index in [9.17, 15) is 9.59 Å². The number of hydrogen-bond donors (Lipinski definition) is 1. The van der Waals surface area contributed by atoms with Crippen molar-refractivity contribution in [3.8, 4) is 0 Å². The van der Waals surface area contributed by atoms with Crippen LogP contribution in [0.1, 0.15) is 12.5 Å². The van der Waals surface area contributed by atoms with E-state index < -0.39 is 17.7 Å². The first-order chi connectivity index (χ1) is 7.99. The quantitative estimate of drug-likeness (QED) is 0.508. The molecule has 0 unspecified atom stereocenters. The fourth-order valence-electron chi connectivity index (χ4n) is 1.44. The van der Waals surface area contributed by atoms with Gasteiger partial charge in [0, 0.05) is 10.6 Å². The van der Waals surface area contributed by atoms with Gasteiger partial charge in [0.2, 0.25) is 0 Å². The first-order valence-corrected chi connectivity index (χ1v) is 5.28. The molecule has 1 rings (SSSR count). The highest BCUT2D eigenvalue weighted by molar-refractivity contribution is 6.36. The topological polar surface area (TPSA) is 67.2 Å². The van der Waals surface area contributed by atoms with Gasteiger partial charge in [-0.1, -0.05) is 29.8 Å². The number of Topliss-reactive ketones (excluding diaryl/α,β-unsaturated/α-hetero) is 1. The van der Waals surface area contributed by atoms with Gasteiger partial charge in [-0.05, 0) is 13.0 Å². The van der Waals surface area contributed by atoms with E-state index >= 15 is 0 Å². The molecule has 0 spiro atoms. The van der Waals surface area contributed by atoms with Crippen LogP contribution in [0.15, 0.2) is 24.3 Å². The average molecular weight is 254 g/mol. The molecular formula is C12H12ClNO3. The molecule has 17 heavy (non-hydrogen) atoms. The minimum atomic E-state index is -1.22. The highest BCUT2D eigenvalue weighted by atomic mass is 35.5. The van der Waals surface area contributed by atoms with Crippen LogP contribution in [0.5, 0.6) is 0 Å². The van der Waals surface area contributed by atoms with Gasteiger partial charge in [0.25, 0.3) is 0 Å². The van der Waals surface area contributed by atoms with Gasteiger partial charge in [0.15, 0.2) is 5.92 Å². The van der Waals surface area contributed by atoms with Crippen molar-refractivity contribution in [2.75, 3.05) is 7.11 Å². The second kappa shape index (κ2) is 5.59. The van der Waals surface area contributed by atoms with E-state index in [0.717, 1.165) is 0 Å². The molecule has 0 radical (unpaired) electrons. The Hall–Kier alpha value is -1.68. The summed E-state index contributed by atoms with van der Waals surface area (Å²) in [6, 6.07) is 6.58. The molecule has 1 aromatic carbocycles. The van der Waals surface area contributed by atoms with Gasteiger partial charge in [-0.3, -0.25) is 9.59 Å². The van der Waals surface area contributed by atoms with Crippen LogP contribution in [-0.2, 0) is 14.3 Å². The number of carbonyl (C=O) groups is 2. The van der Waals surface area contributed by atoms with Crippen molar-refractivity contribution in [2.45, 2.75) is 6.92 Å².